The van der Waals surface area contributed by atoms with Gasteiger partial charge in [0.15, 0.2) is 18.3 Å². The van der Waals surface area contributed by atoms with E-state index in [1.54, 1.807) is 38.5 Å². The maximum atomic E-state index is 12.1. The maximum Gasteiger partial charge on any atom is 0.188 e. The molecule has 1 atom stereocenters. The Hall–Kier alpha value is -2.37. The Bertz CT molecular complexity index is 742. The lowest BCUT2D eigenvalue weighted by Crippen LogP contribution is -2.10. The van der Waals surface area contributed by atoms with Gasteiger partial charge in [-0.3, -0.25) is 4.79 Å². The minimum absolute atomic E-state index is 0.0568. The molecule has 0 aliphatic rings. The highest BCUT2D eigenvalue weighted by Crippen LogP contribution is 2.28. The van der Waals surface area contributed by atoms with Gasteiger partial charge in [0, 0.05) is 20.0 Å². The van der Waals surface area contributed by atoms with Crippen LogP contribution in [-0.4, -0.2) is 38.0 Å². The molecule has 1 N–H and O–H groups in total. The Morgan fingerprint density at radius 3 is 2.47 bits per heavy atom. The van der Waals surface area contributed by atoms with Crippen molar-refractivity contribution >= 4 is 11.9 Å². The third-order valence-corrected chi connectivity index (χ3v) is 4.47. The zero-order chi connectivity index (χ0) is 22.4. The number of aliphatic hydroxyl groups excluding tert-OH is 1. The van der Waals surface area contributed by atoms with E-state index >= 15 is 0 Å². The molecule has 0 saturated carbocycles. The monoisotopic (exact) mass is 416 g/mol. The molecule has 0 aliphatic heterocycles. The lowest BCUT2D eigenvalue weighted by atomic mass is 10.0. The fourth-order valence-corrected chi connectivity index (χ4v) is 2.83. The number of carbonyl (C=O) groups excluding carboxylic acids is 1. The van der Waals surface area contributed by atoms with E-state index in [9.17, 15) is 9.90 Å². The molecule has 1 rings (SSSR count). The summed E-state index contributed by atoms with van der Waals surface area (Å²) in [7, 11) is 3.11. The van der Waals surface area contributed by atoms with Crippen molar-refractivity contribution < 1.29 is 24.1 Å². The van der Waals surface area contributed by atoms with Crippen LogP contribution in [0.15, 0.2) is 47.6 Å². The molecule has 0 bridgehead atoms. The zero-order valence-electron chi connectivity index (χ0n) is 18.9. The number of hydrogen-bond acceptors (Lipinski definition) is 5. The van der Waals surface area contributed by atoms with E-state index in [1.807, 2.05) is 6.07 Å². The van der Waals surface area contributed by atoms with Gasteiger partial charge in [0.05, 0.1) is 13.2 Å². The van der Waals surface area contributed by atoms with Gasteiger partial charge in [0.2, 0.25) is 0 Å². The third-order valence-electron chi connectivity index (χ3n) is 4.47. The van der Waals surface area contributed by atoms with E-state index in [0.29, 0.717) is 17.9 Å². The number of methoxy groups -OCH3 is 2. The Balaban J connectivity index is 2.47. The predicted molar refractivity (Wildman–Crippen MR) is 122 cm³/mol. The SMILES string of the molecule is COCOc1ccc(C=CC(O)CC(=O)CCC=C(C)CCC=C(C)C)cc1OC. The lowest BCUT2D eigenvalue weighted by molar-refractivity contribution is -0.120. The first-order chi connectivity index (χ1) is 14.3. The molecule has 0 aliphatic carbocycles. The summed E-state index contributed by atoms with van der Waals surface area (Å²) in [5.41, 5.74) is 3.47. The summed E-state index contributed by atoms with van der Waals surface area (Å²) in [5.74, 6) is 1.21. The first-order valence-electron chi connectivity index (χ1n) is 10.3. The fraction of sp³-hybridized carbons (Fsp3) is 0.480. The highest BCUT2D eigenvalue weighted by Gasteiger charge is 2.08. The molecule has 0 aromatic heterocycles. The molecule has 5 heteroatoms. The van der Waals surface area contributed by atoms with E-state index in [4.69, 9.17) is 14.2 Å². The van der Waals surface area contributed by atoms with Crippen LogP contribution in [0.2, 0.25) is 0 Å². The van der Waals surface area contributed by atoms with Crippen molar-refractivity contribution in [1.29, 1.82) is 0 Å². The van der Waals surface area contributed by atoms with Gasteiger partial charge < -0.3 is 19.3 Å². The van der Waals surface area contributed by atoms with Crippen LogP contribution in [0.1, 0.15) is 58.4 Å². The Kier molecular flexibility index (Phi) is 12.5. The highest BCUT2D eigenvalue weighted by molar-refractivity contribution is 5.79. The van der Waals surface area contributed by atoms with Crippen LogP contribution in [0.25, 0.3) is 6.08 Å². The van der Waals surface area contributed by atoms with Gasteiger partial charge in [-0.05, 0) is 57.7 Å². The second-order valence-corrected chi connectivity index (χ2v) is 7.54. The largest absolute Gasteiger partial charge is 0.493 e. The summed E-state index contributed by atoms with van der Waals surface area (Å²) in [6.07, 6.45) is 10.3. The van der Waals surface area contributed by atoms with Crippen LogP contribution >= 0.6 is 0 Å². The van der Waals surface area contributed by atoms with Crippen LogP contribution in [0.3, 0.4) is 0 Å². The van der Waals surface area contributed by atoms with Gasteiger partial charge in [-0.25, -0.2) is 0 Å². The first kappa shape index (κ1) is 25.7. The summed E-state index contributed by atoms with van der Waals surface area (Å²) in [6, 6.07) is 5.43. The second-order valence-electron chi connectivity index (χ2n) is 7.54. The van der Waals surface area contributed by atoms with Crippen molar-refractivity contribution in [1.82, 2.24) is 0 Å². The average molecular weight is 417 g/mol. The highest BCUT2D eigenvalue weighted by atomic mass is 16.7. The maximum absolute atomic E-state index is 12.1. The normalized spacial score (nSPS) is 12.7. The topological polar surface area (TPSA) is 65.0 Å². The lowest BCUT2D eigenvalue weighted by Gasteiger charge is -2.10. The molecule has 1 aromatic rings. The van der Waals surface area contributed by atoms with Crippen molar-refractivity contribution in [3.8, 4) is 11.5 Å². The first-order valence-corrected chi connectivity index (χ1v) is 10.3. The summed E-state index contributed by atoms with van der Waals surface area (Å²) in [5, 5.41) is 10.2. The van der Waals surface area contributed by atoms with Gasteiger partial charge in [-0.15, -0.1) is 0 Å². The van der Waals surface area contributed by atoms with E-state index in [1.165, 1.54) is 11.1 Å². The fourth-order valence-electron chi connectivity index (χ4n) is 2.83. The van der Waals surface area contributed by atoms with Crippen molar-refractivity contribution in [2.45, 2.75) is 59.0 Å². The molecular weight excluding hydrogens is 380 g/mol. The summed E-state index contributed by atoms with van der Waals surface area (Å²) < 4.78 is 15.6. The van der Waals surface area contributed by atoms with Gasteiger partial charge in [-0.2, -0.15) is 0 Å². The molecule has 0 fully saturated rings. The number of aliphatic hydroxyl groups is 1. The van der Waals surface area contributed by atoms with Crippen LogP contribution < -0.4 is 9.47 Å². The number of Topliss-reactive ketones (excluding diaryl/α,β-unsaturated/α-hetero) is 1. The van der Waals surface area contributed by atoms with Gasteiger partial charge >= 0.3 is 0 Å². The van der Waals surface area contributed by atoms with E-state index in [2.05, 4.69) is 32.9 Å². The Morgan fingerprint density at radius 2 is 1.80 bits per heavy atom. The van der Waals surface area contributed by atoms with Crippen LogP contribution in [0, 0.1) is 0 Å². The van der Waals surface area contributed by atoms with Gasteiger partial charge in [-0.1, -0.05) is 41.5 Å². The molecule has 1 unspecified atom stereocenters. The third kappa shape index (κ3) is 11.0. The quantitative estimate of drug-likeness (QED) is 0.321. The second kappa shape index (κ2) is 14.6. The van der Waals surface area contributed by atoms with Crippen molar-refractivity contribution in [3.05, 3.63) is 53.1 Å². The van der Waals surface area contributed by atoms with Crippen molar-refractivity contribution in [2.75, 3.05) is 21.0 Å². The smallest absolute Gasteiger partial charge is 0.188 e. The Labute approximate surface area is 181 Å². The summed E-state index contributed by atoms with van der Waals surface area (Å²) in [4.78, 5) is 12.1. The molecule has 0 amide bonds. The van der Waals surface area contributed by atoms with Gasteiger partial charge in [0.1, 0.15) is 5.78 Å². The summed E-state index contributed by atoms with van der Waals surface area (Å²) >= 11 is 0. The molecule has 0 radical (unpaired) electrons. The standard InChI is InChI=1S/C25H36O5/c1-19(2)8-6-9-20(3)10-7-11-22(26)17-23(27)14-12-21-13-15-24(30-18-28-4)25(16-21)29-5/h8,10,12-16,23,27H,6-7,9,11,17-18H2,1-5H3. The molecule has 0 spiro atoms. The number of ketones is 1. The average Bonchev–Trinajstić information content (AvgIpc) is 2.70. The summed E-state index contributed by atoms with van der Waals surface area (Å²) in [6.45, 7) is 6.43. The van der Waals surface area contributed by atoms with Crippen molar-refractivity contribution in [3.63, 3.8) is 0 Å². The van der Waals surface area contributed by atoms with E-state index < -0.39 is 6.10 Å². The molecule has 0 heterocycles. The van der Waals surface area contributed by atoms with Crippen LogP contribution in [0.4, 0.5) is 0 Å². The number of allylic oxidation sites excluding steroid dienone is 4. The van der Waals surface area contributed by atoms with Crippen LogP contribution in [0.5, 0.6) is 11.5 Å². The molecule has 5 nitrogen and oxygen atoms in total. The molecule has 1 aromatic carbocycles. The molecule has 30 heavy (non-hydrogen) atoms. The minimum Gasteiger partial charge on any atom is -0.493 e. The predicted octanol–water partition coefficient (Wildman–Crippen LogP) is 5.48. The van der Waals surface area contributed by atoms with E-state index in [0.717, 1.165) is 24.8 Å². The number of ether oxygens (including phenoxy) is 3. The van der Waals surface area contributed by atoms with E-state index in [-0.39, 0.29) is 19.0 Å². The number of rotatable bonds is 14. The van der Waals surface area contributed by atoms with Crippen LogP contribution in [-0.2, 0) is 9.53 Å². The molecular formula is C25H36O5. The number of benzene rings is 1. The zero-order valence-corrected chi connectivity index (χ0v) is 18.9. The minimum atomic E-state index is -0.810. The molecule has 166 valence electrons. The number of hydrogen-bond donors (Lipinski definition) is 1. The van der Waals surface area contributed by atoms with Gasteiger partial charge in [0.25, 0.3) is 0 Å². The Morgan fingerprint density at radius 1 is 1.07 bits per heavy atom. The molecule has 0 saturated heterocycles. The van der Waals surface area contributed by atoms with Crippen molar-refractivity contribution in [2.24, 2.45) is 0 Å². The number of carbonyl (C=O) groups is 1.